The number of thiazole rings is 2. The van der Waals surface area contributed by atoms with Crippen LogP contribution in [0, 0.1) is 0 Å². The van der Waals surface area contributed by atoms with Crippen molar-refractivity contribution in [3.8, 4) is 0 Å². The standard InChI is InChI=1S/C18H21ClN6O3S2/c1-8(26)11-15-13(22-17(29-15)20-9(27)6-24(2)3)12(19)14-16(11)30-18(23-14)21-10(28)7-25(4)5/h6-7H2,1-5H3,(H,20,22,27)(H,21,23,28). The summed E-state index contributed by atoms with van der Waals surface area (Å²) in [4.78, 5) is 48.9. The summed E-state index contributed by atoms with van der Waals surface area (Å²) in [5.41, 5.74) is 1.23. The van der Waals surface area contributed by atoms with E-state index in [1.54, 1.807) is 38.0 Å². The van der Waals surface area contributed by atoms with Gasteiger partial charge in [0.25, 0.3) is 0 Å². The van der Waals surface area contributed by atoms with Crippen LogP contribution in [-0.4, -0.2) is 78.6 Å². The van der Waals surface area contributed by atoms with Crippen LogP contribution in [0.4, 0.5) is 10.3 Å². The number of rotatable bonds is 7. The Balaban J connectivity index is 2.07. The molecule has 0 fully saturated rings. The summed E-state index contributed by atoms with van der Waals surface area (Å²) in [5, 5.41) is 6.47. The minimum absolute atomic E-state index is 0.175. The Labute approximate surface area is 186 Å². The molecule has 0 spiro atoms. The van der Waals surface area contributed by atoms with Crippen LogP contribution in [0.15, 0.2) is 0 Å². The molecule has 0 saturated heterocycles. The van der Waals surface area contributed by atoms with Gasteiger partial charge in [0.05, 0.1) is 33.1 Å². The van der Waals surface area contributed by atoms with Crippen LogP contribution in [0.1, 0.15) is 17.3 Å². The smallest absolute Gasteiger partial charge is 0.240 e. The first-order valence-corrected chi connectivity index (χ1v) is 10.9. The number of hydrogen-bond donors (Lipinski definition) is 2. The first-order valence-electron chi connectivity index (χ1n) is 8.89. The van der Waals surface area contributed by atoms with Crippen molar-refractivity contribution in [1.29, 1.82) is 0 Å². The number of carbonyl (C=O) groups is 3. The van der Waals surface area contributed by atoms with Crippen LogP contribution in [-0.2, 0) is 9.59 Å². The summed E-state index contributed by atoms with van der Waals surface area (Å²) in [6.45, 7) is 1.86. The number of fused-ring (bicyclic) bond motifs is 2. The third-order valence-corrected chi connectivity index (χ3v) is 6.22. The van der Waals surface area contributed by atoms with Gasteiger partial charge in [0, 0.05) is 0 Å². The van der Waals surface area contributed by atoms with Crippen molar-refractivity contribution in [3.63, 3.8) is 0 Å². The number of Topliss-reactive ketones (excluding diaryl/α,β-unsaturated/α-hetero) is 1. The zero-order valence-electron chi connectivity index (χ0n) is 17.1. The van der Waals surface area contributed by atoms with Gasteiger partial charge in [-0.25, -0.2) is 9.97 Å². The highest BCUT2D eigenvalue weighted by molar-refractivity contribution is 7.25. The molecule has 1 aromatic carbocycles. The van der Waals surface area contributed by atoms with Gasteiger partial charge in [-0.15, -0.1) is 0 Å². The second-order valence-electron chi connectivity index (χ2n) is 7.21. The molecule has 0 aliphatic heterocycles. The van der Waals surface area contributed by atoms with Crippen molar-refractivity contribution in [3.05, 3.63) is 10.6 Å². The lowest BCUT2D eigenvalue weighted by molar-refractivity contribution is -0.117. The highest BCUT2D eigenvalue weighted by atomic mass is 35.5. The molecule has 0 radical (unpaired) electrons. The molecule has 0 unspecified atom stereocenters. The Kier molecular flexibility index (Phi) is 6.68. The van der Waals surface area contributed by atoms with E-state index >= 15 is 0 Å². The summed E-state index contributed by atoms with van der Waals surface area (Å²) in [7, 11) is 7.16. The molecule has 30 heavy (non-hydrogen) atoms. The molecule has 2 aromatic heterocycles. The second kappa shape index (κ2) is 8.90. The van der Waals surface area contributed by atoms with Gasteiger partial charge in [-0.05, 0) is 35.1 Å². The van der Waals surface area contributed by atoms with E-state index in [1.165, 1.54) is 29.6 Å². The number of ketones is 1. The Morgan fingerprint density at radius 1 is 0.867 bits per heavy atom. The summed E-state index contributed by atoms with van der Waals surface area (Å²) in [6, 6.07) is 0. The van der Waals surface area contributed by atoms with Crippen LogP contribution in [0.25, 0.3) is 20.4 Å². The second-order valence-corrected chi connectivity index (χ2v) is 9.59. The van der Waals surface area contributed by atoms with Crippen LogP contribution in [0.5, 0.6) is 0 Å². The molecule has 160 valence electrons. The number of halogens is 1. The summed E-state index contributed by atoms with van der Waals surface area (Å²) in [5.74, 6) is -0.609. The van der Waals surface area contributed by atoms with Gasteiger partial charge in [0.2, 0.25) is 11.8 Å². The Bertz CT molecular complexity index is 1070. The molecule has 0 atom stereocenters. The predicted octanol–water partition coefficient (Wildman–Crippen LogP) is 2.76. The molecule has 12 heteroatoms. The van der Waals surface area contributed by atoms with E-state index in [4.69, 9.17) is 11.6 Å². The summed E-state index contributed by atoms with van der Waals surface area (Å²) >= 11 is 8.93. The van der Waals surface area contributed by atoms with E-state index < -0.39 is 0 Å². The van der Waals surface area contributed by atoms with Crippen molar-refractivity contribution in [2.45, 2.75) is 6.92 Å². The van der Waals surface area contributed by atoms with E-state index in [-0.39, 0.29) is 35.7 Å². The maximum atomic E-state index is 12.5. The molecule has 9 nitrogen and oxygen atoms in total. The molecular formula is C18H21ClN6O3S2. The van der Waals surface area contributed by atoms with E-state index in [9.17, 15) is 14.4 Å². The number of hydrogen-bond acceptors (Lipinski definition) is 9. The highest BCUT2D eigenvalue weighted by Gasteiger charge is 2.24. The first-order chi connectivity index (χ1) is 14.1. The van der Waals surface area contributed by atoms with E-state index in [0.717, 1.165) is 0 Å². The number of carbonyl (C=O) groups excluding carboxylic acids is 3. The van der Waals surface area contributed by atoms with Gasteiger partial charge in [0.1, 0.15) is 11.0 Å². The highest BCUT2D eigenvalue weighted by Crippen LogP contribution is 2.43. The molecule has 0 saturated carbocycles. The topological polar surface area (TPSA) is 108 Å². The molecular weight excluding hydrogens is 448 g/mol. The molecule has 2 amide bonds. The lowest BCUT2D eigenvalue weighted by atomic mass is 10.1. The largest absolute Gasteiger partial charge is 0.301 e. The van der Waals surface area contributed by atoms with E-state index in [0.29, 0.717) is 36.3 Å². The normalized spacial score (nSPS) is 11.6. The van der Waals surface area contributed by atoms with Crippen molar-refractivity contribution in [2.24, 2.45) is 0 Å². The molecule has 0 aliphatic carbocycles. The molecule has 2 heterocycles. The minimum Gasteiger partial charge on any atom is -0.301 e. The number of aromatic nitrogens is 2. The van der Waals surface area contributed by atoms with Gasteiger partial charge < -0.3 is 20.4 Å². The fourth-order valence-corrected chi connectivity index (χ4v) is 5.44. The maximum Gasteiger partial charge on any atom is 0.240 e. The summed E-state index contributed by atoms with van der Waals surface area (Å²) < 4.78 is 1.16. The van der Waals surface area contributed by atoms with Gasteiger partial charge in [0.15, 0.2) is 16.0 Å². The Morgan fingerprint density at radius 2 is 1.27 bits per heavy atom. The fraction of sp³-hybridized carbons (Fsp3) is 0.389. The maximum absolute atomic E-state index is 12.5. The number of nitrogens with one attached hydrogen (secondary N) is 2. The van der Waals surface area contributed by atoms with Crippen molar-refractivity contribution in [2.75, 3.05) is 51.9 Å². The van der Waals surface area contributed by atoms with Crippen molar-refractivity contribution >= 4 is 82.6 Å². The molecule has 3 aromatic rings. The van der Waals surface area contributed by atoms with Crippen LogP contribution < -0.4 is 10.6 Å². The molecule has 0 aliphatic rings. The number of nitrogens with zero attached hydrogens (tertiary/aromatic N) is 4. The average molecular weight is 469 g/mol. The van der Waals surface area contributed by atoms with Crippen molar-refractivity contribution in [1.82, 2.24) is 19.8 Å². The number of amides is 2. The van der Waals surface area contributed by atoms with Gasteiger partial charge in [-0.2, -0.15) is 0 Å². The van der Waals surface area contributed by atoms with Gasteiger partial charge >= 0.3 is 0 Å². The first kappa shape index (κ1) is 22.5. The lowest BCUT2D eigenvalue weighted by Crippen LogP contribution is -2.26. The van der Waals surface area contributed by atoms with Crippen molar-refractivity contribution < 1.29 is 14.4 Å². The third kappa shape index (κ3) is 4.76. The number of benzene rings is 1. The zero-order chi connectivity index (χ0) is 22.2. The molecule has 3 rings (SSSR count). The van der Waals surface area contributed by atoms with Crippen LogP contribution >= 0.6 is 34.3 Å². The monoisotopic (exact) mass is 468 g/mol. The van der Waals surface area contributed by atoms with Gasteiger partial charge in [-0.1, -0.05) is 34.3 Å². The minimum atomic E-state index is -0.217. The number of likely N-dealkylation sites (N-methyl/N-ethyl adjacent to an activating group) is 2. The lowest BCUT2D eigenvalue weighted by Gasteiger charge is -2.07. The summed E-state index contributed by atoms with van der Waals surface area (Å²) in [6.07, 6.45) is 0. The average Bonchev–Trinajstić information content (AvgIpc) is 3.17. The third-order valence-electron chi connectivity index (χ3n) is 3.89. The van der Waals surface area contributed by atoms with E-state index in [1.807, 2.05) is 0 Å². The molecule has 2 N–H and O–H groups in total. The SMILES string of the molecule is CC(=O)c1c2sc(NC(=O)CN(C)C)nc2c(Cl)c2nc(NC(=O)CN(C)C)sc12. The molecule has 0 bridgehead atoms. The van der Waals surface area contributed by atoms with E-state index in [2.05, 4.69) is 20.6 Å². The zero-order valence-corrected chi connectivity index (χ0v) is 19.5. The quantitative estimate of drug-likeness (QED) is 0.513. The fourth-order valence-electron chi connectivity index (χ4n) is 2.81. The van der Waals surface area contributed by atoms with Gasteiger partial charge in [-0.3, -0.25) is 14.4 Å². The number of anilines is 2. The van der Waals surface area contributed by atoms with Crippen LogP contribution in [0.2, 0.25) is 5.02 Å². The Morgan fingerprint density at radius 3 is 1.60 bits per heavy atom. The predicted molar refractivity (Wildman–Crippen MR) is 122 cm³/mol. The Hall–Kier alpha value is -2.18. The van der Waals surface area contributed by atoms with Crippen LogP contribution in [0.3, 0.4) is 0 Å².